The molecule has 28 heavy (non-hydrogen) atoms. The third-order valence-corrected chi connectivity index (χ3v) is 6.60. The van der Waals surface area contributed by atoms with Crippen molar-refractivity contribution < 1.29 is 4.79 Å². The molecule has 1 aromatic rings. The van der Waals surface area contributed by atoms with Crippen LogP contribution < -0.4 is 4.90 Å². The zero-order valence-corrected chi connectivity index (χ0v) is 18.2. The van der Waals surface area contributed by atoms with E-state index < -0.39 is 0 Å². The summed E-state index contributed by atoms with van der Waals surface area (Å²) >= 11 is 0. The van der Waals surface area contributed by atoms with Crippen LogP contribution in [0.15, 0.2) is 18.5 Å². The number of aromatic nitrogens is 2. The van der Waals surface area contributed by atoms with Crippen molar-refractivity contribution in [2.75, 3.05) is 18.0 Å². The van der Waals surface area contributed by atoms with Crippen LogP contribution in [0.2, 0.25) is 0 Å². The molecule has 3 heterocycles. The molecule has 0 aromatic carbocycles. The summed E-state index contributed by atoms with van der Waals surface area (Å²) in [6.07, 6.45) is 12.4. The van der Waals surface area contributed by atoms with E-state index in [0.717, 1.165) is 31.9 Å². The largest absolute Gasteiger partial charge is 0.332 e. The molecule has 0 radical (unpaired) electrons. The predicted molar refractivity (Wildman–Crippen MR) is 114 cm³/mol. The molecule has 0 N–H and O–H groups in total. The van der Waals surface area contributed by atoms with Crippen molar-refractivity contribution in [3.63, 3.8) is 0 Å². The third-order valence-electron chi connectivity index (χ3n) is 6.60. The lowest BCUT2D eigenvalue weighted by atomic mass is 9.83. The molecule has 5 heteroatoms. The molecule has 4 rings (SSSR count). The Morgan fingerprint density at radius 1 is 0.929 bits per heavy atom. The predicted octanol–water partition coefficient (Wildman–Crippen LogP) is 4.33. The summed E-state index contributed by atoms with van der Waals surface area (Å²) in [6.45, 7) is 10.9. The van der Waals surface area contributed by atoms with Crippen LogP contribution in [0.3, 0.4) is 0 Å². The van der Waals surface area contributed by atoms with Crippen molar-refractivity contribution in [1.29, 1.82) is 0 Å². The molecule has 3 fully saturated rings. The standard InChI is InChI=1S/C13H20N4.C10H18O/c1-10(2)16-8-11-4-5-12(9-16)17(11)13-14-6-3-7-15-13;1-8(2)10(11)9-6-4-3-5-7-9/h3,6-7,10-12H,4-5,8-9H2,1-2H3;8-9H,3-7H2,1-2H3. The number of piperazine rings is 1. The van der Waals surface area contributed by atoms with Gasteiger partial charge in [0.15, 0.2) is 0 Å². The molecule has 2 saturated heterocycles. The summed E-state index contributed by atoms with van der Waals surface area (Å²) in [7, 11) is 0. The quantitative estimate of drug-likeness (QED) is 0.771. The van der Waals surface area contributed by atoms with Crippen molar-refractivity contribution in [3.8, 4) is 0 Å². The summed E-state index contributed by atoms with van der Waals surface area (Å²) in [4.78, 5) is 25.3. The van der Waals surface area contributed by atoms with Gasteiger partial charge in [-0.2, -0.15) is 0 Å². The van der Waals surface area contributed by atoms with Gasteiger partial charge in [0.1, 0.15) is 5.78 Å². The fourth-order valence-electron chi connectivity index (χ4n) is 4.97. The van der Waals surface area contributed by atoms with Gasteiger partial charge in [-0.1, -0.05) is 33.1 Å². The van der Waals surface area contributed by atoms with E-state index in [2.05, 4.69) is 33.6 Å². The molecule has 156 valence electrons. The second kappa shape index (κ2) is 9.82. The van der Waals surface area contributed by atoms with Gasteiger partial charge in [-0.15, -0.1) is 0 Å². The number of likely N-dealkylation sites (tertiary alicyclic amines) is 1. The highest BCUT2D eigenvalue weighted by Gasteiger charge is 2.41. The van der Waals surface area contributed by atoms with E-state index in [4.69, 9.17) is 0 Å². The van der Waals surface area contributed by atoms with Crippen molar-refractivity contribution in [3.05, 3.63) is 18.5 Å². The van der Waals surface area contributed by atoms with E-state index in [-0.39, 0.29) is 5.92 Å². The lowest BCUT2D eigenvalue weighted by molar-refractivity contribution is -0.126. The van der Waals surface area contributed by atoms with E-state index in [1.165, 1.54) is 32.1 Å². The maximum absolute atomic E-state index is 11.5. The molecule has 3 aliphatic rings. The first-order valence-corrected chi connectivity index (χ1v) is 11.3. The zero-order valence-electron chi connectivity index (χ0n) is 18.2. The number of fused-ring (bicyclic) bond motifs is 2. The van der Waals surface area contributed by atoms with Crippen LogP contribution in [0.5, 0.6) is 0 Å². The Hall–Kier alpha value is -1.49. The van der Waals surface area contributed by atoms with Crippen molar-refractivity contribution in [2.45, 2.75) is 90.8 Å². The summed E-state index contributed by atoms with van der Waals surface area (Å²) in [6, 6.07) is 3.75. The summed E-state index contributed by atoms with van der Waals surface area (Å²) < 4.78 is 0. The van der Waals surface area contributed by atoms with Crippen LogP contribution in [-0.2, 0) is 4.79 Å². The molecule has 2 unspecified atom stereocenters. The van der Waals surface area contributed by atoms with Gasteiger partial charge in [0, 0.05) is 55.4 Å². The van der Waals surface area contributed by atoms with Gasteiger partial charge in [0.2, 0.25) is 5.95 Å². The number of rotatable bonds is 4. The molecule has 2 aliphatic heterocycles. The monoisotopic (exact) mass is 386 g/mol. The SMILES string of the molecule is CC(C)C(=O)C1CCCCC1.CC(C)N1CC2CCC(C1)N2c1ncccn1. The fourth-order valence-corrected chi connectivity index (χ4v) is 4.97. The van der Waals surface area contributed by atoms with Crippen LogP contribution in [0.25, 0.3) is 0 Å². The number of nitrogens with zero attached hydrogens (tertiary/aromatic N) is 4. The van der Waals surface area contributed by atoms with E-state index in [9.17, 15) is 4.79 Å². The van der Waals surface area contributed by atoms with Gasteiger partial charge in [-0.25, -0.2) is 9.97 Å². The number of Topliss-reactive ketones (excluding diaryl/α,β-unsaturated/α-hetero) is 1. The van der Waals surface area contributed by atoms with Crippen LogP contribution in [0.4, 0.5) is 5.95 Å². The summed E-state index contributed by atoms with van der Waals surface area (Å²) in [5.74, 6) is 2.06. The van der Waals surface area contributed by atoms with Gasteiger partial charge in [0.05, 0.1) is 0 Å². The Labute approximate surface area is 170 Å². The molecule has 1 aliphatic carbocycles. The van der Waals surface area contributed by atoms with Gasteiger partial charge < -0.3 is 4.90 Å². The average molecular weight is 387 g/mol. The minimum atomic E-state index is 0.248. The third kappa shape index (κ3) is 5.11. The van der Waals surface area contributed by atoms with Crippen LogP contribution in [0.1, 0.15) is 72.6 Å². The lowest BCUT2D eigenvalue weighted by Gasteiger charge is -2.42. The number of carbonyl (C=O) groups is 1. The van der Waals surface area contributed by atoms with E-state index in [0.29, 0.717) is 29.8 Å². The second-order valence-corrected chi connectivity index (χ2v) is 9.28. The van der Waals surface area contributed by atoms with Crippen molar-refractivity contribution in [2.24, 2.45) is 11.8 Å². The highest BCUT2D eigenvalue weighted by Crippen LogP contribution is 2.33. The van der Waals surface area contributed by atoms with Crippen LogP contribution in [-0.4, -0.2) is 51.9 Å². The molecule has 1 aromatic heterocycles. The number of anilines is 1. The van der Waals surface area contributed by atoms with Crippen molar-refractivity contribution in [1.82, 2.24) is 14.9 Å². The number of hydrogen-bond acceptors (Lipinski definition) is 5. The van der Waals surface area contributed by atoms with E-state index in [1.807, 2.05) is 32.3 Å². The normalized spacial score (nSPS) is 25.7. The maximum atomic E-state index is 11.5. The van der Waals surface area contributed by atoms with Crippen molar-refractivity contribution >= 4 is 11.7 Å². The first kappa shape index (κ1) is 21.2. The summed E-state index contributed by atoms with van der Waals surface area (Å²) in [5, 5.41) is 0. The Morgan fingerprint density at radius 2 is 1.50 bits per heavy atom. The number of ketones is 1. The molecule has 2 bridgehead atoms. The molecule has 5 nitrogen and oxygen atoms in total. The minimum Gasteiger partial charge on any atom is -0.332 e. The first-order chi connectivity index (χ1) is 13.5. The Morgan fingerprint density at radius 3 is 2.00 bits per heavy atom. The molecule has 1 saturated carbocycles. The number of carbonyl (C=O) groups excluding carboxylic acids is 1. The highest BCUT2D eigenvalue weighted by molar-refractivity contribution is 5.82. The topological polar surface area (TPSA) is 49.3 Å². The number of hydrogen-bond donors (Lipinski definition) is 0. The van der Waals surface area contributed by atoms with Gasteiger partial charge in [0.25, 0.3) is 0 Å². The smallest absolute Gasteiger partial charge is 0.225 e. The lowest BCUT2D eigenvalue weighted by Crippen LogP contribution is -2.56. The summed E-state index contributed by atoms with van der Waals surface area (Å²) in [5.41, 5.74) is 0. The van der Waals surface area contributed by atoms with Gasteiger partial charge in [-0.3, -0.25) is 9.69 Å². The minimum absolute atomic E-state index is 0.248. The first-order valence-electron chi connectivity index (χ1n) is 11.3. The van der Waals surface area contributed by atoms with E-state index in [1.54, 1.807) is 0 Å². The van der Waals surface area contributed by atoms with Gasteiger partial charge in [-0.05, 0) is 45.6 Å². The molecular weight excluding hydrogens is 348 g/mol. The second-order valence-electron chi connectivity index (χ2n) is 9.28. The average Bonchev–Trinajstić information content (AvgIpc) is 2.98. The Balaban J connectivity index is 0.000000178. The molecule has 2 atom stereocenters. The van der Waals surface area contributed by atoms with Crippen LogP contribution >= 0.6 is 0 Å². The Bertz CT molecular complexity index is 598. The van der Waals surface area contributed by atoms with E-state index >= 15 is 0 Å². The zero-order chi connectivity index (χ0) is 20.1. The van der Waals surface area contributed by atoms with Crippen LogP contribution in [0, 0.1) is 11.8 Å². The Kier molecular flexibility index (Phi) is 7.44. The molecule has 0 amide bonds. The molecular formula is C23H38N4O. The maximum Gasteiger partial charge on any atom is 0.225 e. The molecule has 0 spiro atoms. The fraction of sp³-hybridized carbons (Fsp3) is 0.783. The van der Waals surface area contributed by atoms with Gasteiger partial charge >= 0.3 is 0 Å². The highest BCUT2D eigenvalue weighted by atomic mass is 16.1.